The highest BCUT2D eigenvalue weighted by molar-refractivity contribution is 6.69. The van der Waals surface area contributed by atoms with E-state index < -0.39 is 14.4 Å². The molecular weight excluding hydrogens is 184 g/mol. The van der Waals surface area contributed by atoms with Crippen LogP contribution in [0.15, 0.2) is 12.2 Å². The average Bonchev–Trinajstić information content (AvgIpc) is 2.01. The summed E-state index contributed by atoms with van der Waals surface area (Å²) in [6.07, 6.45) is 2.90. The first kappa shape index (κ1) is 10.9. The van der Waals surface area contributed by atoms with E-state index in [0.29, 0.717) is 13.2 Å². The van der Waals surface area contributed by atoms with E-state index in [0.717, 1.165) is 0 Å². The lowest BCUT2D eigenvalue weighted by atomic mass is 10.2. The Bertz CT molecular complexity index is 186. The van der Waals surface area contributed by atoms with Gasteiger partial charge in [-0.2, -0.15) is 0 Å². The van der Waals surface area contributed by atoms with Crippen LogP contribution in [0.3, 0.4) is 0 Å². The Balaban J connectivity index is 2.33. The van der Waals surface area contributed by atoms with E-state index in [-0.39, 0.29) is 6.10 Å². The maximum Gasteiger partial charge on any atom is 0.183 e. The molecule has 2 atom stereocenters. The maximum absolute atomic E-state index is 9.49. The first-order chi connectivity index (χ1) is 5.99. The molecule has 0 fully saturated rings. The van der Waals surface area contributed by atoms with E-state index in [9.17, 15) is 5.11 Å². The number of hydrogen-bond acceptors (Lipinski definition) is 3. The van der Waals surface area contributed by atoms with Crippen molar-refractivity contribution < 1.29 is 14.3 Å². The zero-order valence-electron chi connectivity index (χ0n) is 8.49. The summed E-state index contributed by atoms with van der Waals surface area (Å²) < 4.78 is 11.0. The SMILES string of the molecule is C[Si](C)(C)OC[C@H]1OCC=C[C@@H]1O. The lowest BCUT2D eigenvalue weighted by Crippen LogP contribution is -2.39. The second-order valence-electron chi connectivity index (χ2n) is 4.21. The van der Waals surface area contributed by atoms with Crippen molar-refractivity contribution in [3.63, 3.8) is 0 Å². The number of aliphatic hydroxyl groups is 1. The van der Waals surface area contributed by atoms with E-state index in [1.165, 1.54) is 0 Å². The second kappa shape index (κ2) is 4.37. The van der Waals surface area contributed by atoms with Crippen molar-refractivity contribution in [1.82, 2.24) is 0 Å². The molecule has 1 N–H and O–H groups in total. The van der Waals surface area contributed by atoms with Crippen LogP contribution >= 0.6 is 0 Å². The lowest BCUT2D eigenvalue weighted by molar-refractivity contribution is -0.0402. The van der Waals surface area contributed by atoms with Gasteiger partial charge in [-0.15, -0.1) is 0 Å². The van der Waals surface area contributed by atoms with Gasteiger partial charge in [0.15, 0.2) is 8.32 Å². The molecule has 0 saturated heterocycles. The van der Waals surface area contributed by atoms with Gasteiger partial charge in [0, 0.05) is 0 Å². The van der Waals surface area contributed by atoms with Crippen LogP contribution in [-0.2, 0) is 9.16 Å². The first-order valence-electron chi connectivity index (χ1n) is 4.59. The smallest absolute Gasteiger partial charge is 0.183 e. The zero-order valence-corrected chi connectivity index (χ0v) is 9.49. The molecule has 1 rings (SSSR count). The summed E-state index contributed by atoms with van der Waals surface area (Å²) in [5.41, 5.74) is 0. The van der Waals surface area contributed by atoms with Gasteiger partial charge in [0.05, 0.1) is 13.2 Å². The van der Waals surface area contributed by atoms with Gasteiger partial charge in [0.1, 0.15) is 12.2 Å². The van der Waals surface area contributed by atoms with Crippen molar-refractivity contribution in [2.24, 2.45) is 0 Å². The first-order valence-corrected chi connectivity index (χ1v) is 8.00. The zero-order chi connectivity index (χ0) is 9.90. The summed E-state index contributed by atoms with van der Waals surface area (Å²) in [6.45, 7) is 7.45. The monoisotopic (exact) mass is 202 g/mol. The minimum atomic E-state index is -1.49. The number of rotatable bonds is 3. The molecule has 0 radical (unpaired) electrons. The minimum Gasteiger partial charge on any atom is -0.415 e. The van der Waals surface area contributed by atoms with Gasteiger partial charge in [0.2, 0.25) is 0 Å². The quantitative estimate of drug-likeness (QED) is 0.551. The predicted molar refractivity (Wildman–Crippen MR) is 54.2 cm³/mol. The summed E-state index contributed by atoms with van der Waals surface area (Å²) in [5.74, 6) is 0. The van der Waals surface area contributed by atoms with Crippen LogP contribution < -0.4 is 0 Å². The summed E-state index contributed by atoms with van der Waals surface area (Å²) in [4.78, 5) is 0. The second-order valence-corrected chi connectivity index (χ2v) is 8.73. The van der Waals surface area contributed by atoms with Gasteiger partial charge < -0.3 is 14.3 Å². The van der Waals surface area contributed by atoms with Crippen LogP contribution in [-0.4, -0.2) is 38.8 Å². The van der Waals surface area contributed by atoms with E-state index in [4.69, 9.17) is 9.16 Å². The van der Waals surface area contributed by atoms with Gasteiger partial charge in [-0.25, -0.2) is 0 Å². The molecule has 0 aliphatic carbocycles. The van der Waals surface area contributed by atoms with Gasteiger partial charge in [0.25, 0.3) is 0 Å². The maximum atomic E-state index is 9.49. The highest BCUT2D eigenvalue weighted by atomic mass is 28.4. The molecule has 3 nitrogen and oxygen atoms in total. The fourth-order valence-corrected chi connectivity index (χ4v) is 1.74. The Hall–Kier alpha value is -0.163. The minimum absolute atomic E-state index is 0.184. The number of aliphatic hydroxyl groups excluding tert-OH is 1. The van der Waals surface area contributed by atoms with Crippen molar-refractivity contribution in [1.29, 1.82) is 0 Å². The molecule has 0 aromatic rings. The Kier molecular flexibility index (Phi) is 3.67. The number of hydrogen-bond donors (Lipinski definition) is 1. The van der Waals surface area contributed by atoms with E-state index in [1.807, 2.05) is 6.08 Å². The standard InChI is InChI=1S/C9H18O3Si/c1-13(2,3)12-7-9-8(10)5-4-6-11-9/h4-5,8-10H,6-7H2,1-3H3/t8-,9+/m0/s1. The average molecular weight is 202 g/mol. The molecule has 0 aromatic carbocycles. The molecule has 13 heavy (non-hydrogen) atoms. The highest BCUT2D eigenvalue weighted by Gasteiger charge is 2.23. The Morgan fingerprint density at radius 1 is 1.54 bits per heavy atom. The van der Waals surface area contributed by atoms with Gasteiger partial charge >= 0.3 is 0 Å². The van der Waals surface area contributed by atoms with Crippen molar-refractivity contribution in [2.45, 2.75) is 31.8 Å². The predicted octanol–water partition coefficient (Wildman–Crippen LogP) is 1.15. The summed E-state index contributed by atoms with van der Waals surface area (Å²) >= 11 is 0. The lowest BCUT2D eigenvalue weighted by Gasteiger charge is -2.27. The molecule has 4 heteroatoms. The van der Waals surface area contributed by atoms with Gasteiger partial charge in [-0.1, -0.05) is 12.2 Å². The van der Waals surface area contributed by atoms with Crippen LogP contribution in [0.2, 0.25) is 19.6 Å². The molecule has 1 heterocycles. The third-order valence-electron chi connectivity index (χ3n) is 1.80. The van der Waals surface area contributed by atoms with Crippen LogP contribution in [0.25, 0.3) is 0 Å². The summed E-state index contributed by atoms with van der Waals surface area (Å²) in [5, 5.41) is 9.49. The number of ether oxygens (including phenoxy) is 1. The molecule has 1 aliphatic heterocycles. The molecule has 0 bridgehead atoms. The fraction of sp³-hybridized carbons (Fsp3) is 0.778. The molecule has 76 valence electrons. The third kappa shape index (κ3) is 4.04. The van der Waals surface area contributed by atoms with Crippen molar-refractivity contribution in [3.8, 4) is 0 Å². The summed E-state index contributed by atoms with van der Waals surface area (Å²) in [7, 11) is -1.49. The highest BCUT2D eigenvalue weighted by Crippen LogP contribution is 2.11. The normalized spacial score (nSPS) is 29.2. The van der Waals surface area contributed by atoms with Crippen LogP contribution in [0.5, 0.6) is 0 Å². The van der Waals surface area contributed by atoms with Crippen LogP contribution in [0.4, 0.5) is 0 Å². The molecular formula is C9H18O3Si. The topological polar surface area (TPSA) is 38.7 Å². The van der Waals surface area contributed by atoms with Crippen molar-refractivity contribution >= 4 is 8.32 Å². The molecule has 0 spiro atoms. The fourth-order valence-electron chi connectivity index (χ4n) is 1.08. The van der Waals surface area contributed by atoms with E-state index in [2.05, 4.69) is 19.6 Å². The van der Waals surface area contributed by atoms with Crippen LogP contribution in [0.1, 0.15) is 0 Å². The molecule has 0 amide bonds. The van der Waals surface area contributed by atoms with Crippen molar-refractivity contribution in [3.05, 3.63) is 12.2 Å². The summed E-state index contributed by atoms with van der Waals surface area (Å²) in [6, 6.07) is 0. The Morgan fingerprint density at radius 3 is 2.77 bits per heavy atom. The molecule has 0 saturated carbocycles. The van der Waals surface area contributed by atoms with Crippen LogP contribution in [0, 0.1) is 0 Å². The molecule has 0 unspecified atom stereocenters. The third-order valence-corrected chi connectivity index (χ3v) is 2.83. The Labute approximate surface area is 80.5 Å². The molecule has 0 aromatic heterocycles. The van der Waals surface area contributed by atoms with Gasteiger partial charge in [-0.05, 0) is 19.6 Å². The van der Waals surface area contributed by atoms with E-state index >= 15 is 0 Å². The van der Waals surface area contributed by atoms with Gasteiger partial charge in [-0.3, -0.25) is 0 Å². The van der Waals surface area contributed by atoms with E-state index in [1.54, 1.807) is 6.08 Å². The Morgan fingerprint density at radius 2 is 2.23 bits per heavy atom. The van der Waals surface area contributed by atoms with Crippen molar-refractivity contribution in [2.75, 3.05) is 13.2 Å². The largest absolute Gasteiger partial charge is 0.415 e. The molecule has 1 aliphatic rings.